The van der Waals surface area contributed by atoms with Crippen LogP contribution in [0.15, 0.2) is 24.3 Å². The van der Waals surface area contributed by atoms with E-state index in [2.05, 4.69) is 41.4 Å². The topological polar surface area (TPSA) is 52.7 Å². The van der Waals surface area contributed by atoms with Crippen LogP contribution in [0.5, 0.6) is 0 Å². The molecule has 150 valence electrons. The molecule has 1 aliphatic carbocycles. The Kier molecular flexibility index (Phi) is 8.29. The van der Waals surface area contributed by atoms with Gasteiger partial charge in [0.15, 0.2) is 0 Å². The van der Waals surface area contributed by atoms with Crippen LogP contribution in [-0.2, 0) is 9.59 Å². The molecule has 2 rings (SSSR count). The van der Waals surface area contributed by atoms with E-state index in [-0.39, 0.29) is 30.7 Å². The maximum atomic E-state index is 12.4. The van der Waals surface area contributed by atoms with Crippen molar-refractivity contribution in [2.24, 2.45) is 0 Å². The third kappa shape index (κ3) is 6.65. The van der Waals surface area contributed by atoms with Crippen LogP contribution in [0.25, 0.3) is 0 Å². The Morgan fingerprint density at radius 3 is 2.26 bits per heavy atom. The number of nitrogens with zero attached hydrogens (tertiary/aromatic N) is 2. The number of nitrogens with one attached hydrogen (secondary N) is 1. The molecule has 5 heteroatoms. The lowest BCUT2D eigenvalue weighted by atomic mass is 9.94. The van der Waals surface area contributed by atoms with E-state index in [0.717, 1.165) is 12.8 Å². The molecule has 0 aliphatic heterocycles. The molecular weight excluding hydrogens is 338 g/mol. The molecule has 1 unspecified atom stereocenters. The number of hydrogen-bond acceptors (Lipinski definition) is 3. The van der Waals surface area contributed by atoms with E-state index in [4.69, 9.17) is 0 Å². The Balaban J connectivity index is 1.78. The minimum atomic E-state index is -0.0562. The highest BCUT2D eigenvalue weighted by Gasteiger charge is 2.22. The third-order valence-electron chi connectivity index (χ3n) is 5.66. The van der Waals surface area contributed by atoms with Gasteiger partial charge in [-0.05, 0) is 39.4 Å². The van der Waals surface area contributed by atoms with E-state index in [1.807, 2.05) is 26.0 Å². The van der Waals surface area contributed by atoms with E-state index in [9.17, 15) is 9.59 Å². The predicted molar refractivity (Wildman–Crippen MR) is 109 cm³/mol. The summed E-state index contributed by atoms with van der Waals surface area (Å²) in [4.78, 5) is 28.6. The molecule has 1 aliphatic rings. The number of likely N-dealkylation sites (N-methyl/N-ethyl adjacent to an activating group) is 1. The van der Waals surface area contributed by atoms with Crippen molar-refractivity contribution in [2.45, 2.75) is 64.0 Å². The first-order valence-corrected chi connectivity index (χ1v) is 10.1. The second-order valence-corrected chi connectivity index (χ2v) is 7.99. The van der Waals surface area contributed by atoms with Crippen LogP contribution in [0.1, 0.15) is 62.1 Å². The molecule has 1 aromatic rings. The number of aryl methyl sites for hydroxylation is 1. The average Bonchev–Trinajstić information content (AvgIpc) is 2.67. The zero-order valence-electron chi connectivity index (χ0n) is 17.3. The van der Waals surface area contributed by atoms with Gasteiger partial charge < -0.3 is 15.1 Å². The Morgan fingerprint density at radius 2 is 1.67 bits per heavy atom. The van der Waals surface area contributed by atoms with Gasteiger partial charge in [0.05, 0.1) is 6.04 Å². The van der Waals surface area contributed by atoms with Crippen LogP contribution >= 0.6 is 0 Å². The zero-order valence-corrected chi connectivity index (χ0v) is 17.3. The molecule has 0 radical (unpaired) electrons. The van der Waals surface area contributed by atoms with E-state index in [0.29, 0.717) is 12.6 Å². The number of rotatable bonds is 8. The lowest BCUT2D eigenvalue weighted by Gasteiger charge is -2.31. The van der Waals surface area contributed by atoms with E-state index >= 15 is 0 Å². The van der Waals surface area contributed by atoms with Crippen molar-refractivity contribution >= 4 is 11.8 Å². The third-order valence-corrected chi connectivity index (χ3v) is 5.66. The van der Waals surface area contributed by atoms with Crippen LogP contribution in [0, 0.1) is 6.92 Å². The van der Waals surface area contributed by atoms with Crippen LogP contribution in [0.3, 0.4) is 0 Å². The quantitative estimate of drug-likeness (QED) is 0.761. The zero-order chi connectivity index (χ0) is 19.8. The number of benzene rings is 1. The summed E-state index contributed by atoms with van der Waals surface area (Å²) in [5.74, 6) is 0.0269. The van der Waals surface area contributed by atoms with Gasteiger partial charge >= 0.3 is 0 Å². The van der Waals surface area contributed by atoms with Crippen LogP contribution in [-0.4, -0.2) is 55.3 Å². The van der Waals surface area contributed by atoms with Crippen molar-refractivity contribution in [1.29, 1.82) is 0 Å². The molecule has 0 spiro atoms. The Hall–Kier alpha value is -1.88. The largest absolute Gasteiger partial charge is 0.354 e. The van der Waals surface area contributed by atoms with Crippen molar-refractivity contribution in [3.63, 3.8) is 0 Å². The highest BCUT2D eigenvalue weighted by molar-refractivity contribution is 5.83. The van der Waals surface area contributed by atoms with Gasteiger partial charge in [0.2, 0.25) is 11.8 Å². The minimum Gasteiger partial charge on any atom is -0.354 e. The standard InChI is InChI=1S/C22H35N3O2/c1-17-10-12-18(13-11-17)20(24(2)3)16-23-21(26)14-15-22(27)25(4)19-8-6-5-7-9-19/h10-13,19-20H,5-9,14-16H2,1-4H3,(H,23,26). The Morgan fingerprint density at radius 1 is 1.04 bits per heavy atom. The van der Waals surface area contributed by atoms with E-state index in [1.54, 1.807) is 0 Å². The van der Waals surface area contributed by atoms with E-state index < -0.39 is 0 Å². The highest BCUT2D eigenvalue weighted by Crippen LogP contribution is 2.22. The molecule has 27 heavy (non-hydrogen) atoms. The molecule has 2 amide bonds. The second-order valence-electron chi connectivity index (χ2n) is 7.99. The van der Waals surface area contributed by atoms with Crippen LogP contribution < -0.4 is 5.32 Å². The molecule has 0 aromatic heterocycles. The van der Waals surface area contributed by atoms with Gasteiger partial charge in [-0.2, -0.15) is 0 Å². The monoisotopic (exact) mass is 373 g/mol. The molecule has 1 N–H and O–H groups in total. The molecule has 0 bridgehead atoms. The SMILES string of the molecule is Cc1ccc(C(CNC(=O)CCC(=O)N(C)C2CCCCC2)N(C)C)cc1. The Bertz CT molecular complexity index is 606. The molecule has 0 saturated heterocycles. The predicted octanol–water partition coefficient (Wildman–Crippen LogP) is 3.29. The number of hydrogen-bond donors (Lipinski definition) is 1. The fourth-order valence-electron chi connectivity index (χ4n) is 3.75. The fraction of sp³-hybridized carbons (Fsp3) is 0.636. The fourth-order valence-corrected chi connectivity index (χ4v) is 3.75. The smallest absolute Gasteiger partial charge is 0.223 e. The summed E-state index contributed by atoms with van der Waals surface area (Å²) in [6.07, 6.45) is 6.40. The summed E-state index contributed by atoms with van der Waals surface area (Å²) in [6.45, 7) is 2.61. The van der Waals surface area contributed by atoms with E-state index in [1.165, 1.54) is 30.4 Å². The van der Waals surface area contributed by atoms with Crippen molar-refractivity contribution in [3.05, 3.63) is 35.4 Å². The highest BCUT2D eigenvalue weighted by atomic mass is 16.2. The summed E-state index contributed by atoms with van der Waals surface area (Å²) < 4.78 is 0. The van der Waals surface area contributed by atoms with Gasteiger partial charge in [0, 0.05) is 32.5 Å². The minimum absolute atomic E-state index is 0.0562. The summed E-state index contributed by atoms with van der Waals surface area (Å²) in [5, 5.41) is 3.00. The van der Waals surface area contributed by atoms with Gasteiger partial charge in [0.25, 0.3) is 0 Å². The van der Waals surface area contributed by atoms with Crippen molar-refractivity contribution in [2.75, 3.05) is 27.7 Å². The van der Waals surface area contributed by atoms with Gasteiger partial charge in [0.1, 0.15) is 0 Å². The van der Waals surface area contributed by atoms with Gasteiger partial charge in [-0.1, -0.05) is 49.1 Å². The maximum Gasteiger partial charge on any atom is 0.223 e. The normalized spacial score (nSPS) is 16.2. The first-order chi connectivity index (χ1) is 12.9. The Labute approximate surface area is 164 Å². The van der Waals surface area contributed by atoms with Gasteiger partial charge in [-0.15, -0.1) is 0 Å². The first kappa shape index (κ1) is 21.4. The molecule has 1 atom stereocenters. The lowest BCUT2D eigenvalue weighted by molar-refractivity contribution is -0.134. The molecular formula is C22H35N3O2. The maximum absolute atomic E-state index is 12.4. The molecule has 1 fully saturated rings. The number of carbonyl (C=O) groups is 2. The van der Waals surface area contributed by atoms with Crippen LogP contribution in [0.2, 0.25) is 0 Å². The molecule has 5 nitrogen and oxygen atoms in total. The second kappa shape index (κ2) is 10.5. The average molecular weight is 374 g/mol. The summed E-state index contributed by atoms with van der Waals surface area (Å²) in [7, 11) is 5.91. The van der Waals surface area contributed by atoms with Crippen molar-refractivity contribution in [1.82, 2.24) is 15.1 Å². The van der Waals surface area contributed by atoms with Crippen molar-refractivity contribution < 1.29 is 9.59 Å². The summed E-state index contributed by atoms with van der Waals surface area (Å²) in [6, 6.07) is 8.87. The summed E-state index contributed by atoms with van der Waals surface area (Å²) in [5.41, 5.74) is 2.40. The van der Waals surface area contributed by atoms with Crippen molar-refractivity contribution in [3.8, 4) is 0 Å². The number of amides is 2. The van der Waals surface area contributed by atoms with Crippen LogP contribution in [0.4, 0.5) is 0 Å². The molecule has 1 saturated carbocycles. The van der Waals surface area contributed by atoms with Gasteiger partial charge in [-0.25, -0.2) is 0 Å². The lowest BCUT2D eigenvalue weighted by Crippen LogP contribution is -2.39. The molecule has 0 heterocycles. The molecule has 1 aromatic carbocycles. The number of carbonyl (C=O) groups excluding carboxylic acids is 2. The first-order valence-electron chi connectivity index (χ1n) is 10.1. The van der Waals surface area contributed by atoms with Gasteiger partial charge in [-0.3, -0.25) is 9.59 Å². The summed E-state index contributed by atoms with van der Waals surface area (Å²) >= 11 is 0.